The van der Waals surface area contributed by atoms with E-state index in [4.69, 9.17) is 9.47 Å². The summed E-state index contributed by atoms with van der Waals surface area (Å²) < 4.78 is 10.6. The van der Waals surface area contributed by atoms with Crippen molar-refractivity contribution in [3.05, 3.63) is 23.8 Å². The number of ether oxygens (including phenoxy) is 2. The van der Waals surface area contributed by atoms with Crippen LogP contribution in [0.1, 0.15) is 18.0 Å². The van der Waals surface area contributed by atoms with Gasteiger partial charge in [-0.2, -0.15) is 0 Å². The molecule has 1 N–H and O–H groups in total. The van der Waals surface area contributed by atoms with Gasteiger partial charge in [0.2, 0.25) is 0 Å². The number of likely N-dealkylation sites (tertiary alicyclic amines) is 1. The molecule has 1 heterocycles. The van der Waals surface area contributed by atoms with Gasteiger partial charge in [-0.3, -0.25) is 4.90 Å². The Hall–Kier alpha value is -1.26. The minimum absolute atomic E-state index is 0.226. The summed E-state index contributed by atoms with van der Waals surface area (Å²) in [7, 11) is 5.37. The number of rotatable bonds is 4. The third-order valence-corrected chi connectivity index (χ3v) is 3.76. The summed E-state index contributed by atoms with van der Waals surface area (Å²) in [4.78, 5) is 2.28. The van der Waals surface area contributed by atoms with Gasteiger partial charge in [-0.25, -0.2) is 0 Å². The highest BCUT2D eigenvalue weighted by molar-refractivity contribution is 5.44. The standard InChI is InChI=1S/C14H21NO3/c1-15-7-6-11(9-16)14(15)10-4-5-12(17-2)13(8-10)18-3/h4-5,8,11,14,16H,6-7,9H2,1-3H3. The number of hydrogen-bond donors (Lipinski definition) is 1. The van der Waals surface area contributed by atoms with Crippen LogP contribution in [0, 0.1) is 5.92 Å². The van der Waals surface area contributed by atoms with E-state index in [9.17, 15) is 5.11 Å². The molecule has 2 atom stereocenters. The Kier molecular flexibility index (Phi) is 4.09. The largest absolute Gasteiger partial charge is 0.493 e. The minimum atomic E-state index is 0.226. The Balaban J connectivity index is 2.32. The molecule has 0 radical (unpaired) electrons. The SMILES string of the molecule is COc1ccc(C2C(CO)CCN2C)cc1OC. The second-order valence-corrected chi connectivity index (χ2v) is 4.77. The van der Waals surface area contributed by atoms with Gasteiger partial charge >= 0.3 is 0 Å². The lowest BCUT2D eigenvalue weighted by Gasteiger charge is -2.25. The number of nitrogens with zero attached hydrogens (tertiary/aromatic N) is 1. The predicted octanol–water partition coefficient (Wildman–Crippen LogP) is 1.69. The molecule has 4 heteroatoms. The molecule has 0 saturated carbocycles. The molecule has 1 aliphatic heterocycles. The third kappa shape index (κ3) is 2.31. The molecule has 2 rings (SSSR count). The van der Waals surface area contributed by atoms with E-state index in [1.165, 1.54) is 5.56 Å². The van der Waals surface area contributed by atoms with E-state index in [0.29, 0.717) is 5.92 Å². The van der Waals surface area contributed by atoms with E-state index in [0.717, 1.165) is 24.5 Å². The molecular formula is C14H21NO3. The van der Waals surface area contributed by atoms with Crippen LogP contribution in [0.15, 0.2) is 18.2 Å². The molecule has 1 saturated heterocycles. The fourth-order valence-electron chi connectivity index (χ4n) is 2.78. The molecule has 0 aromatic heterocycles. The first-order valence-electron chi connectivity index (χ1n) is 6.24. The van der Waals surface area contributed by atoms with Crippen LogP contribution in [-0.4, -0.2) is 44.4 Å². The van der Waals surface area contributed by atoms with Crippen LogP contribution in [0.25, 0.3) is 0 Å². The lowest BCUT2D eigenvalue weighted by atomic mass is 9.94. The molecule has 1 aliphatic rings. The van der Waals surface area contributed by atoms with Crippen molar-refractivity contribution in [3.8, 4) is 11.5 Å². The third-order valence-electron chi connectivity index (χ3n) is 3.76. The number of methoxy groups -OCH3 is 2. The van der Waals surface area contributed by atoms with Gasteiger partial charge in [0.25, 0.3) is 0 Å². The fourth-order valence-corrected chi connectivity index (χ4v) is 2.78. The van der Waals surface area contributed by atoms with Crippen LogP contribution in [0.3, 0.4) is 0 Å². The lowest BCUT2D eigenvalue weighted by Crippen LogP contribution is -2.22. The Morgan fingerprint density at radius 1 is 1.28 bits per heavy atom. The molecule has 100 valence electrons. The smallest absolute Gasteiger partial charge is 0.161 e. The van der Waals surface area contributed by atoms with Crippen LogP contribution >= 0.6 is 0 Å². The molecule has 18 heavy (non-hydrogen) atoms. The zero-order valence-corrected chi connectivity index (χ0v) is 11.2. The monoisotopic (exact) mass is 251 g/mol. The predicted molar refractivity (Wildman–Crippen MR) is 70.1 cm³/mol. The molecule has 1 aromatic carbocycles. The Morgan fingerprint density at radius 2 is 2.00 bits per heavy atom. The van der Waals surface area contributed by atoms with Crippen molar-refractivity contribution in [2.24, 2.45) is 5.92 Å². The molecule has 0 aliphatic carbocycles. The van der Waals surface area contributed by atoms with Gasteiger partial charge in [0.05, 0.1) is 14.2 Å². The number of aliphatic hydroxyl groups excluding tert-OH is 1. The Bertz CT molecular complexity index is 408. The highest BCUT2D eigenvalue weighted by Gasteiger charge is 2.32. The van der Waals surface area contributed by atoms with Crippen molar-refractivity contribution in [1.82, 2.24) is 4.90 Å². The second kappa shape index (κ2) is 5.59. The summed E-state index contributed by atoms with van der Waals surface area (Å²) >= 11 is 0. The van der Waals surface area contributed by atoms with Crippen LogP contribution in [0.2, 0.25) is 0 Å². The van der Waals surface area contributed by atoms with Gasteiger partial charge in [-0.15, -0.1) is 0 Å². The van der Waals surface area contributed by atoms with Crippen LogP contribution in [0.5, 0.6) is 11.5 Å². The van der Waals surface area contributed by atoms with E-state index in [2.05, 4.69) is 18.0 Å². The number of aliphatic hydroxyl groups is 1. The van der Waals surface area contributed by atoms with Gasteiger partial charge in [-0.1, -0.05) is 6.07 Å². The summed E-state index contributed by atoms with van der Waals surface area (Å²) in [6.07, 6.45) is 1.03. The second-order valence-electron chi connectivity index (χ2n) is 4.77. The maximum Gasteiger partial charge on any atom is 0.161 e. The minimum Gasteiger partial charge on any atom is -0.493 e. The molecule has 0 amide bonds. The fraction of sp³-hybridized carbons (Fsp3) is 0.571. The molecule has 0 spiro atoms. The highest BCUT2D eigenvalue weighted by Crippen LogP contribution is 2.39. The van der Waals surface area contributed by atoms with Crippen molar-refractivity contribution in [3.63, 3.8) is 0 Å². The van der Waals surface area contributed by atoms with Crippen LogP contribution in [-0.2, 0) is 0 Å². The van der Waals surface area contributed by atoms with Crippen LogP contribution in [0.4, 0.5) is 0 Å². The zero-order valence-electron chi connectivity index (χ0n) is 11.2. The van der Waals surface area contributed by atoms with Crippen molar-refractivity contribution in [2.75, 3.05) is 34.4 Å². The van der Waals surface area contributed by atoms with E-state index >= 15 is 0 Å². The van der Waals surface area contributed by atoms with Gasteiger partial charge in [-0.05, 0) is 37.7 Å². The first kappa shape index (κ1) is 13.2. The van der Waals surface area contributed by atoms with Crippen LogP contribution < -0.4 is 9.47 Å². The van der Waals surface area contributed by atoms with Gasteiger partial charge in [0.15, 0.2) is 11.5 Å². The molecule has 2 unspecified atom stereocenters. The maximum absolute atomic E-state index is 9.46. The van der Waals surface area contributed by atoms with Crippen molar-refractivity contribution in [2.45, 2.75) is 12.5 Å². The molecule has 1 aromatic rings. The summed E-state index contributed by atoms with van der Waals surface area (Å²) in [5.41, 5.74) is 1.17. The molecule has 0 bridgehead atoms. The van der Waals surface area contributed by atoms with Gasteiger partial charge < -0.3 is 14.6 Å². The van der Waals surface area contributed by atoms with Crippen molar-refractivity contribution in [1.29, 1.82) is 0 Å². The Morgan fingerprint density at radius 3 is 2.61 bits per heavy atom. The van der Waals surface area contributed by atoms with Gasteiger partial charge in [0, 0.05) is 18.6 Å². The molecule has 1 fully saturated rings. The first-order chi connectivity index (χ1) is 8.71. The zero-order chi connectivity index (χ0) is 13.1. The molecular weight excluding hydrogens is 230 g/mol. The first-order valence-corrected chi connectivity index (χ1v) is 6.24. The topological polar surface area (TPSA) is 41.9 Å². The van der Waals surface area contributed by atoms with Gasteiger partial charge in [0.1, 0.15) is 0 Å². The summed E-state index contributed by atoms with van der Waals surface area (Å²) in [5, 5.41) is 9.46. The normalized spacial score (nSPS) is 24.2. The summed E-state index contributed by atoms with van der Waals surface area (Å²) in [5.74, 6) is 1.78. The quantitative estimate of drug-likeness (QED) is 0.884. The summed E-state index contributed by atoms with van der Waals surface area (Å²) in [6, 6.07) is 6.24. The van der Waals surface area contributed by atoms with E-state index in [1.54, 1.807) is 14.2 Å². The number of hydrogen-bond acceptors (Lipinski definition) is 4. The average Bonchev–Trinajstić information content (AvgIpc) is 2.79. The van der Waals surface area contributed by atoms with E-state index < -0.39 is 0 Å². The highest BCUT2D eigenvalue weighted by atomic mass is 16.5. The van der Waals surface area contributed by atoms with E-state index in [1.807, 2.05) is 12.1 Å². The molecule has 4 nitrogen and oxygen atoms in total. The Labute approximate surface area is 108 Å². The van der Waals surface area contributed by atoms with Crippen molar-refractivity contribution >= 4 is 0 Å². The lowest BCUT2D eigenvalue weighted by molar-refractivity contribution is 0.182. The van der Waals surface area contributed by atoms with Crippen molar-refractivity contribution < 1.29 is 14.6 Å². The summed E-state index contributed by atoms with van der Waals surface area (Å²) in [6.45, 7) is 1.24. The average molecular weight is 251 g/mol. The number of benzene rings is 1. The van der Waals surface area contributed by atoms with E-state index in [-0.39, 0.29) is 12.6 Å². The maximum atomic E-state index is 9.46.